The van der Waals surface area contributed by atoms with Gasteiger partial charge in [0.05, 0.1) is 0 Å². The van der Waals surface area contributed by atoms with Crippen LogP contribution in [0.2, 0.25) is 0 Å². The minimum atomic E-state index is 0.0359. The van der Waals surface area contributed by atoms with Crippen molar-refractivity contribution in [2.24, 2.45) is 7.05 Å². The molecule has 1 aliphatic rings. The van der Waals surface area contributed by atoms with Gasteiger partial charge in [-0.25, -0.2) is 9.97 Å². The highest BCUT2D eigenvalue weighted by Crippen LogP contribution is 2.27. The van der Waals surface area contributed by atoms with Crippen LogP contribution in [0.1, 0.15) is 25.0 Å². The van der Waals surface area contributed by atoms with Crippen molar-refractivity contribution < 1.29 is 0 Å². The lowest BCUT2D eigenvalue weighted by Crippen LogP contribution is -2.49. The third-order valence-corrected chi connectivity index (χ3v) is 5.28. The lowest BCUT2D eigenvalue weighted by atomic mass is 9.94. The molecular formula is C20H25N5. The van der Waals surface area contributed by atoms with Gasteiger partial charge in [0, 0.05) is 57.0 Å². The van der Waals surface area contributed by atoms with Crippen LogP contribution in [0, 0.1) is 0 Å². The Balaban J connectivity index is 1.57. The predicted octanol–water partition coefficient (Wildman–Crippen LogP) is 3.12. The van der Waals surface area contributed by atoms with Gasteiger partial charge in [-0.15, -0.1) is 0 Å². The molecule has 0 spiro atoms. The van der Waals surface area contributed by atoms with Crippen molar-refractivity contribution in [1.29, 1.82) is 0 Å². The maximum atomic E-state index is 4.55. The van der Waals surface area contributed by atoms with E-state index in [0.717, 1.165) is 37.7 Å². The Morgan fingerprint density at radius 2 is 1.72 bits per heavy atom. The summed E-state index contributed by atoms with van der Waals surface area (Å²) in [6, 6.07) is 8.80. The smallest absolute Gasteiger partial charge is 0.176 e. The first-order valence-electron chi connectivity index (χ1n) is 8.85. The Labute approximate surface area is 148 Å². The average Bonchev–Trinajstić information content (AvgIpc) is 3.22. The molecule has 0 aliphatic carbocycles. The molecule has 25 heavy (non-hydrogen) atoms. The highest BCUT2D eigenvalue weighted by molar-refractivity contribution is 5.44. The predicted molar refractivity (Wildman–Crippen MR) is 99.1 cm³/mol. The molecule has 0 saturated heterocycles. The molecule has 0 amide bonds. The number of hydrogen-bond acceptors (Lipinski definition) is 3. The second-order valence-corrected chi connectivity index (χ2v) is 7.49. The van der Waals surface area contributed by atoms with Gasteiger partial charge < -0.3 is 9.13 Å². The Morgan fingerprint density at radius 1 is 1.00 bits per heavy atom. The molecule has 0 unspecified atom stereocenters. The number of imidazole rings is 2. The van der Waals surface area contributed by atoms with E-state index in [2.05, 4.69) is 63.7 Å². The summed E-state index contributed by atoms with van der Waals surface area (Å²) >= 11 is 0. The van der Waals surface area contributed by atoms with Gasteiger partial charge in [0.25, 0.3) is 0 Å². The summed E-state index contributed by atoms with van der Waals surface area (Å²) in [5.74, 6) is 1.84. The van der Waals surface area contributed by atoms with Crippen molar-refractivity contribution in [3.8, 4) is 11.6 Å². The zero-order chi connectivity index (χ0) is 17.4. The topological polar surface area (TPSA) is 38.9 Å². The molecule has 3 heterocycles. The van der Waals surface area contributed by atoms with Crippen LogP contribution in [-0.4, -0.2) is 36.1 Å². The van der Waals surface area contributed by atoms with Gasteiger partial charge in [-0.05, 0) is 31.4 Å². The Morgan fingerprint density at radius 3 is 2.48 bits per heavy atom. The van der Waals surface area contributed by atoms with E-state index >= 15 is 0 Å². The second kappa shape index (κ2) is 6.15. The SMILES string of the molecule is Cn1ccnc1-c1nccn1CC(C)(C)N1CCc2ccccc2C1. The number of rotatable bonds is 4. The number of fused-ring (bicyclic) bond motifs is 1. The lowest BCUT2D eigenvalue weighted by Gasteiger charge is -2.42. The highest BCUT2D eigenvalue weighted by atomic mass is 15.2. The molecule has 2 aromatic heterocycles. The summed E-state index contributed by atoms with van der Waals surface area (Å²) in [5.41, 5.74) is 2.98. The van der Waals surface area contributed by atoms with Gasteiger partial charge in [0.1, 0.15) is 0 Å². The van der Waals surface area contributed by atoms with E-state index in [1.807, 2.05) is 30.2 Å². The number of benzene rings is 1. The summed E-state index contributed by atoms with van der Waals surface area (Å²) in [7, 11) is 2.01. The molecule has 4 rings (SSSR count). The van der Waals surface area contributed by atoms with Gasteiger partial charge in [-0.1, -0.05) is 24.3 Å². The standard InChI is InChI=1S/C20H25N5/c1-20(2,25-11-8-16-6-4-5-7-17(16)14-25)15-24-13-10-22-19(24)18-21-9-12-23(18)3/h4-7,9-10,12-13H,8,11,14-15H2,1-3H3. The summed E-state index contributed by atoms with van der Waals surface area (Å²) in [6.45, 7) is 7.63. The molecule has 130 valence electrons. The molecular weight excluding hydrogens is 310 g/mol. The second-order valence-electron chi connectivity index (χ2n) is 7.49. The number of hydrogen-bond donors (Lipinski definition) is 0. The summed E-state index contributed by atoms with van der Waals surface area (Å²) < 4.78 is 4.24. The third-order valence-electron chi connectivity index (χ3n) is 5.28. The maximum absolute atomic E-state index is 4.55. The Kier molecular flexibility index (Phi) is 3.96. The monoisotopic (exact) mass is 335 g/mol. The zero-order valence-electron chi connectivity index (χ0n) is 15.2. The average molecular weight is 335 g/mol. The van der Waals surface area contributed by atoms with E-state index < -0.39 is 0 Å². The van der Waals surface area contributed by atoms with Crippen LogP contribution in [0.3, 0.4) is 0 Å². The molecule has 0 fully saturated rings. The molecule has 5 nitrogen and oxygen atoms in total. The Bertz CT molecular complexity index is 874. The van der Waals surface area contributed by atoms with Crippen molar-refractivity contribution in [2.75, 3.05) is 6.54 Å². The van der Waals surface area contributed by atoms with E-state index in [0.29, 0.717) is 0 Å². The van der Waals surface area contributed by atoms with Crippen LogP contribution in [0.15, 0.2) is 49.1 Å². The van der Waals surface area contributed by atoms with E-state index in [1.54, 1.807) is 0 Å². The van der Waals surface area contributed by atoms with E-state index in [9.17, 15) is 0 Å². The van der Waals surface area contributed by atoms with Gasteiger partial charge in [-0.3, -0.25) is 4.90 Å². The van der Waals surface area contributed by atoms with E-state index in [1.165, 1.54) is 11.1 Å². The van der Waals surface area contributed by atoms with Crippen LogP contribution in [0.25, 0.3) is 11.6 Å². The maximum Gasteiger partial charge on any atom is 0.176 e. The first kappa shape index (κ1) is 16.1. The summed E-state index contributed by atoms with van der Waals surface area (Å²) in [5, 5.41) is 0. The minimum Gasteiger partial charge on any atom is -0.331 e. The van der Waals surface area contributed by atoms with E-state index in [4.69, 9.17) is 0 Å². The molecule has 0 N–H and O–H groups in total. The van der Waals surface area contributed by atoms with Crippen LogP contribution in [0.4, 0.5) is 0 Å². The summed E-state index contributed by atoms with van der Waals surface area (Å²) in [4.78, 5) is 11.6. The van der Waals surface area contributed by atoms with Gasteiger partial charge in [0.2, 0.25) is 0 Å². The quantitative estimate of drug-likeness (QED) is 0.735. The van der Waals surface area contributed by atoms with Gasteiger partial charge in [0.15, 0.2) is 11.6 Å². The largest absolute Gasteiger partial charge is 0.331 e. The molecule has 0 saturated carbocycles. The molecule has 5 heteroatoms. The molecule has 0 radical (unpaired) electrons. The molecule has 0 bridgehead atoms. The van der Waals surface area contributed by atoms with Crippen LogP contribution in [-0.2, 0) is 26.6 Å². The Hall–Kier alpha value is -2.40. The fraction of sp³-hybridized carbons (Fsp3) is 0.400. The lowest BCUT2D eigenvalue weighted by molar-refractivity contribution is 0.0880. The highest BCUT2D eigenvalue weighted by Gasteiger charge is 2.31. The molecule has 3 aromatic rings. The first-order chi connectivity index (χ1) is 12.0. The van der Waals surface area contributed by atoms with Crippen molar-refractivity contribution >= 4 is 0 Å². The van der Waals surface area contributed by atoms with Crippen molar-refractivity contribution in [3.63, 3.8) is 0 Å². The molecule has 0 atom stereocenters. The zero-order valence-corrected chi connectivity index (χ0v) is 15.2. The van der Waals surface area contributed by atoms with Gasteiger partial charge >= 0.3 is 0 Å². The van der Waals surface area contributed by atoms with Crippen molar-refractivity contribution in [1.82, 2.24) is 24.0 Å². The van der Waals surface area contributed by atoms with Crippen LogP contribution < -0.4 is 0 Å². The van der Waals surface area contributed by atoms with Gasteiger partial charge in [-0.2, -0.15) is 0 Å². The molecule has 1 aliphatic heterocycles. The fourth-order valence-electron chi connectivity index (χ4n) is 3.75. The fourth-order valence-corrected chi connectivity index (χ4v) is 3.75. The molecule has 1 aromatic carbocycles. The minimum absolute atomic E-state index is 0.0359. The number of aromatic nitrogens is 4. The number of aryl methyl sites for hydroxylation is 1. The normalized spacial score (nSPS) is 15.3. The number of nitrogens with zero attached hydrogens (tertiary/aromatic N) is 5. The van der Waals surface area contributed by atoms with Crippen molar-refractivity contribution in [3.05, 3.63) is 60.2 Å². The van der Waals surface area contributed by atoms with Crippen molar-refractivity contribution in [2.45, 2.75) is 38.9 Å². The third kappa shape index (κ3) is 3.00. The summed E-state index contributed by atoms with van der Waals surface area (Å²) in [6.07, 6.45) is 8.83. The van der Waals surface area contributed by atoms with Crippen LogP contribution in [0.5, 0.6) is 0 Å². The van der Waals surface area contributed by atoms with E-state index in [-0.39, 0.29) is 5.54 Å². The van der Waals surface area contributed by atoms with Crippen LogP contribution >= 0.6 is 0 Å². The first-order valence-corrected chi connectivity index (χ1v) is 8.85.